The van der Waals surface area contributed by atoms with Gasteiger partial charge >= 0.3 is 0 Å². The molecule has 2 aliphatic rings. The van der Waals surface area contributed by atoms with Crippen LogP contribution in [-0.2, 0) is 20.9 Å². The first-order chi connectivity index (χ1) is 11.5. The van der Waals surface area contributed by atoms with Crippen molar-refractivity contribution < 1.29 is 14.3 Å². The summed E-state index contributed by atoms with van der Waals surface area (Å²) in [4.78, 5) is 32.4. The monoisotopic (exact) mass is 334 g/mol. The number of rotatable bonds is 5. The summed E-state index contributed by atoms with van der Waals surface area (Å²) >= 11 is 0. The van der Waals surface area contributed by atoms with Crippen LogP contribution in [-0.4, -0.2) is 69.6 Å². The molecule has 0 saturated carbocycles. The largest absolute Gasteiger partial charge is 0.369 e. The lowest BCUT2D eigenvalue weighted by Gasteiger charge is -2.53. The number of hydrogen-bond acceptors (Lipinski definition) is 4. The molecule has 2 aliphatic heterocycles. The predicted molar refractivity (Wildman–Crippen MR) is 88.1 cm³/mol. The molecule has 3 rings (SSSR count). The van der Waals surface area contributed by atoms with Crippen molar-refractivity contribution in [3.05, 3.63) is 18.7 Å². The van der Waals surface area contributed by atoms with Gasteiger partial charge in [-0.05, 0) is 32.6 Å². The van der Waals surface area contributed by atoms with Crippen LogP contribution in [0.1, 0.15) is 26.7 Å². The third-order valence-corrected chi connectivity index (χ3v) is 5.19. The Morgan fingerprint density at radius 2 is 2.08 bits per heavy atom. The molecule has 0 aliphatic carbocycles. The summed E-state index contributed by atoms with van der Waals surface area (Å²) in [7, 11) is 1.61. The van der Waals surface area contributed by atoms with E-state index in [0.29, 0.717) is 12.5 Å². The zero-order valence-corrected chi connectivity index (χ0v) is 14.6. The second-order valence-electron chi connectivity index (χ2n) is 6.94. The lowest BCUT2D eigenvalue weighted by molar-refractivity contribution is -0.182. The van der Waals surface area contributed by atoms with Crippen LogP contribution in [0, 0.1) is 5.92 Å². The normalized spacial score (nSPS) is 25.2. The molecule has 0 N–H and O–H groups in total. The maximum Gasteiger partial charge on any atom is 0.254 e. The minimum atomic E-state index is -0.314. The summed E-state index contributed by atoms with van der Waals surface area (Å²) in [6.07, 6.45) is 6.65. The van der Waals surface area contributed by atoms with Crippen molar-refractivity contribution in [3.63, 3.8) is 0 Å². The standard InChI is InChI=1S/C17H26N4O3/c1-12(2)21-15(16(24-3)17(21)23)13-4-7-20(8-5-13)14(22)10-19-9-6-18-11-19/h6,9,11-13,15-16H,4-5,7-8,10H2,1-3H3/t15-,16+/m0/s1. The molecule has 2 fully saturated rings. The van der Waals surface area contributed by atoms with Crippen molar-refractivity contribution in [1.82, 2.24) is 19.4 Å². The number of aromatic nitrogens is 2. The highest BCUT2D eigenvalue weighted by molar-refractivity contribution is 5.88. The Kier molecular flexibility index (Phi) is 4.89. The Morgan fingerprint density at radius 1 is 1.38 bits per heavy atom. The number of imidazole rings is 1. The molecule has 0 unspecified atom stereocenters. The first-order valence-electron chi connectivity index (χ1n) is 8.61. The summed E-state index contributed by atoms with van der Waals surface area (Å²) in [5.41, 5.74) is 0. The number of carbonyl (C=O) groups is 2. The van der Waals surface area contributed by atoms with Crippen LogP contribution in [0.5, 0.6) is 0 Å². The number of nitrogens with zero attached hydrogens (tertiary/aromatic N) is 4. The average molecular weight is 334 g/mol. The number of β-lactam (4-membered cyclic amide) rings is 1. The third kappa shape index (κ3) is 3.05. The van der Waals surface area contributed by atoms with Crippen LogP contribution in [0.15, 0.2) is 18.7 Å². The lowest BCUT2D eigenvalue weighted by atomic mass is 9.79. The van der Waals surface area contributed by atoms with Gasteiger partial charge in [0.1, 0.15) is 6.54 Å². The smallest absolute Gasteiger partial charge is 0.254 e. The van der Waals surface area contributed by atoms with Crippen molar-refractivity contribution >= 4 is 11.8 Å². The number of piperidine rings is 1. The fraction of sp³-hybridized carbons (Fsp3) is 0.706. The highest BCUT2D eigenvalue weighted by Crippen LogP contribution is 2.36. The molecule has 24 heavy (non-hydrogen) atoms. The molecule has 2 amide bonds. The summed E-state index contributed by atoms with van der Waals surface area (Å²) in [5.74, 6) is 0.614. The molecule has 132 valence electrons. The van der Waals surface area contributed by atoms with Crippen LogP contribution < -0.4 is 0 Å². The van der Waals surface area contributed by atoms with Gasteiger partial charge in [0.2, 0.25) is 5.91 Å². The Morgan fingerprint density at radius 3 is 2.62 bits per heavy atom. The van der Waals surface area contributed by atoms with Crippen molar-refractivity contribution in [2.24, 2.45) is 5.92 Å². The minimum Gasteiger partial charge on any atom is -0.369 e. The van der Waals surface area contributed by atoms with E-state index in [2.05, 4.69) is 4.98 Å². The Labute approximate surface area is 142 Å². The van der Waals surface area contributed by atoms with E-state index < -0.39 is 0 Å². The van der Waals surface area contributed by atoms with Gasteiger partial charge in [0, 0.05) is 38.6 Å². The molecule has 0 aromatic carbocycles. The maximum atomic E-state index is 12.4. The summed E-state index contributed by atoms with van der Waals surface area (Å²) in [6, 6.07) is 0.336. The zero-order valence-electron chi connectivity index (χ0n) is 14.6. The Bertz CT molecular complexity index is 579. The highest BCUT2D eigenvalue weighted by atomic mass is 16.5. The lowest BCUT2D eigenvalue weighted by Crippen LogP contribution is -2.70. The second kappa shape index (κ2) is 6.93. The van der Waals surface area contributed by atoms with Crippen LogP contribution in [0.4, 0.5) is 0 Å². The van der Waals surface area contributed by atoms with Gasteiger partial charge in [0.25, 0.3) is 5.91 Å². The van der Waals surface area contributed by atoms with Gasteiger partial charge in [-0.2, -0.15) is 0 Å². The van der Waals surface area contributed by atoms with E-state index >= 15 is 0 Å². The van der Waals surface area contributed by atoms with Crippen LogP contribution in [0.2, 0.25) is 0 Å². The van der Waals surface area contributed by atoms with E-state index in [1.54, 1.807) is 30.4 Å². The van der Waals surface area contributed by atoms with E-state index in [0.717, 1.165) is 25.9 Å². The van der Waals surface area contributed by atoms with Gasteiger partial charge in [-0.25, -0.2) is 4.98 Å². The molecule has 3 heterocycles. The number of amides is 2. The molecule has 1 aromatic heterocycles. The number of likely N-dealkylation sites (tertiary alicyclic amines) is 2. The zero-order chi connectivity index (χ0) is 17.3. The quantitative estimate of drug-likeness (QED) is 0.746. The molecule has 7 heteroatoms. The van der Waals surface area contributed by atoms with Gasteiger partial charge in [-0.15, -0.1) is 0 Å². The van der Waals surface area contributed by atoms with E-state index in [4.69, 9.17) is 4.74 Å². The molecule has 0 radical (unpaired) electrons. The van der Waals surface area contributed by atoms with Crippen molar-refractivity contribution in [2.75, 3.05) is 20.2 Å². The van der Waals surface area contributed by atoms with E-state index in [-0.39, 0.29) is 30.0 Å². The minimum absolute atomic E-state index is 0.0936. The SMILES string of the molecule is CO[C@H]1C(=O)N(C(C)C)[C@H]1C1CCN(C(=O)Cn2ccnc2)CC1. The first-order valence-corrected chi connectivity index (χ1v) is 8.61. The van der Waals surface area contributed by atoms with Gasteiger partial charge in [-0.1, -0.05) is 0 Å². The molecule has 2 saturated heterocycles. The Balaban J connectivity index is 1.56. The molecule has 0 bridgehead atoms. The van der Waals surface area contributed by atoms with E-state index in [9.17, 15) is 9.59 Å². The highest BCUT2D eigenvalue weighted by Gasteiger charge is 2.52. The van der Waals surface area contributed by atoms with Crippen LogP contribution in [0.3, 0.4) is 0 Å². The second-order valence-corrected chi connectivity index (χ2v) is 6.94. The fourth-order valence-electron chi connectivity index (χ4n) is 3.94. The summed E-state index contributed by atoms with van der Waals surface area (Å²) in [6.45, 7) is 5.91. The fourth-order valence-corrected chi connectivity index (χ4v) is 3.94. The predicted octanol–water partition coefficient (Wildman–Crippen LogP) is 0.756. The topological polar surface area (TPSA) is 67.7 Å². The molecule has 0 spiro atoms. The van der Waals surface area contributed by atoms with Gasteiger partial charge in [0.05, 0.1) is 12.4 Å². The van der Waals surface area contributed by atoms with E-state index in [1.807, 2.05) is 23.6 Å². The first kappa shape index (κ1) is 17.0. The number of carbonyl (C=O) groups excluding carboxylic acids is 2. The molecule has 7 nitrogen and oxygen atoms in total. The van der Waals surface area contributed by atoms with Gasteiger partial charge in [0.15, 0.2) is 6.10 Å². The average Bonchev–Trinajstić information content (AvgIpc) is 3.05. The van der Waals surface area contributed by atoms with Crippen LogP contribution in [0.25, 0.3) is 0 Å². The summed E-state index contributed by atoms with van der Waals surface area (Å²) < 4.78 is 7.20. The van der Waals surface area contributed by atoms with Crippen molar-refractivity contribution in [3.8, 4) is 0 Å². The third-order valence-electron chi connectivity index (χ3n) is 5.19. The maximum absolute atomic E-state index is 12.4. The van der Waals surface area contributed by atoms with Gasteiger partial charge in [-0.3, -0.25) is 9.59 Å². The van der Waals surface area contributed by atoms with Crippen molar-refractivity contribution in [2.45, 2.75) is 51.4 Å². The summed E-state index contributed by atoms with van der Waals surface area (Å²) in [5, 5.41) is 0. The molecule has 1 aromatic rings. The molecular formula is C17H26N4O3. The Hall–Kier alpha value is -1.89. The molecular weight excluding hydrogens is 308 g/mol. The number of methoxy groups -OCH3 is 1. The number of ether oxygens (including phenoxy) is 1. The van der Waals surface area contributed by atoms with Gasteiger partial charge < -0.3 is 19.1 Å². The van der Waals surface area contributed by atoms with Crippen LogP contribution >= 0.6 is 0 Å². The number of hydrogen-bond donors (Lipinski definition) is 0. The van der Waals surface area contributed by atoms with E-state index in [1.165, 1.54) is 0 Å². The molecule has 2 atom stereocenters. The van der Waals surface area contributed by atoms with Crippen molar-refractivity contribution in [1.29, 1.82) is 0 Å².